The van der Waals surface area contributed by atoms with Gasteiger partial charge >= 0.3 is 11.9 Å². The van der Waals surface area contributed by atoms with Crippen molar-refractivity contribution in [1.29, 1.82) is 0 Å². The standard InChI is InChI=1S/C26H22ClNO6/c1-15(2)33-18-8-6-17(7-9-18)28-22-11-10-20(34-19-5-3-4-16(27)12-19)13-21(22)25(26(31)32)23(28)14-24(29)30/h3-13,15H,14H2,1-2H3,(H,29,30)(H,31,32). The highest BCUT2D eigenvalue weighted by Gasteiger charge is 2.25. The number of carboxylic acid groups (broad SMARTS) is 2. The summed E-state index contributed by atoms with van der Waals surface area (Å²) in [6, 6.07) is 18.9. The van der Waals surface area contributed by atoms with Crippen LogP contribution in [0.5, 0.6) is 17.2 Å². The van der Waals surface area contributed by atoms with Gasteiger partial charge in [-0.25, -0.2) is 4.79 Å². The molecule has 0 aliphatic carbocycles. The number of aromatic carboxylic acids is 1. The van der Waals surface area contributed by atoms with Crippen LogP contribution in [0.2, 0.25) is 5.02 Å². The summed E-state index contributed by atoms with van der Waals surface area (Å²) in [7, 11) is 0. The number of aromatic nitrogens is 1. The van der Waals surface area contributed by atoms with Crippen molar-refractivity contribution < 1.29 is 29.3 Å². The lowest BCUT2D eigenvalue weighted by Crippen LogP contribution is -2.11. The van der Waals surface area contributed by atoms with Crippen molar-refractivity contribution in [2.45, 2.75) is 26.4 Å². The maximum absolute atomic E-state index is 12.3. The van der Waals surface area contributed by atoms with Gasteiger partial charge in [0.1, 0.15) is 17.2 Å². The Bertz CT molecular complexity index is 1370. The summed E-state index contributed by atoms with van der Waals surface area (Å²) >= 11 is 6.03. The van der Waals surface area contributed by atoms with E-state index < -0.39 is 18.4 Å². The second-order valence-electron chi connectivity index (χ2n) is 7.93. The van der Waals surface area contributed by atoms with Crippen LogP contribution in [0.3, 0.4) is 0 Å². The fourth-order valence-electron chi connectivity index (χ4n) is 3.84. The van der Waals surface area contributed by atoms with Gasteiger partial charge in [0.25, 0.3) is 0 Å². The molecule has 1 heterocycles. The third-order valence-electron chi connectivity index (χ3n) is 5.07. The SMILES string of the molecule is CC(C)Oc1ccc(-n2c(CC(=O)O)c(C(=O)O)c3cc(Oc4cccc(Cl)c4)ccc32)cc1. The van der Waals surface area contributed by atoms with Crippen LogP contribution in [-0.2, 0) is 11.2 Å². The number of fused-ring (bicyclic) bond motifs is 1. The highest BCUT2D eigenvalue weighted by molar-refractivity contribution is 6.30. The molecule has 0 aliphatic heterocycles. The summed E-state index contributed by atoms with van der Waals surface area (Å²) in [6.07, 6.45) is -0.470. The number of hydrogen-bond donors (Lipinski definition) is 2. The highest BCUT2D eigenvalue weighted by Crippen LogP contribution is 2.35. The lowest BCUT2D eigenvalue weighted by atomic mass is 10.1. The molecule has 0 saturated heterocycles. The van der Waals surface area contributed by atoms with Crippen molar-refractivity contribution in [2.75, 3.05) is 0 Å². The molecule has 2 N–H and O–H groups in total. The zero-order chi connectivity index (χ0) is 24.4. The molecule has 174 valence electrons. The molecule has 4 aromatic rings. The Morgan fingerprint density at radius 1 is 0.941 bits per heavy atom. The van der Waals surface area contributed by atoms with Gasteiger partial charge in [0.05, 0.1) is 23.6 Å². The lowest BCUT2D eigenvalue weighted by molar-refractivity contribution is -0.136. The smallest absolute Gasteiger partial charge is 0.338 e. The van der Waals surface area contributed by atoms with E-state index in [-0.39, 0.29) is 17.4 Å². The lowest BCUT2D eigenvalue weighted by Gasteiger charge is -2.13. The first kappa shape index (κ1) is 23.2. The Kier molecular flexibility index (Phi) is 6.47. The predicted molar refractivity (Wildman–Crippen MR) is 129 cm³/mol. The molecule has 0 atom stereocenters. The number of hydrogen-bond acceptors (Lipinski definition) is 4. The number of halogens is 1. The second kappa shape index (κ2) is 9.49. The maximum Gasteiger partial charge on any atom is 0.338 e. The van der Waals surface area contributed by atoms with Gasteiger partial charge in [-0.15, -0.1) is 0 Å². The third-order valence-corrected chi connectivity index (χ3v) is 5.30. The molecule has 0 saturated carbocycles. The number of rotatable bonds is 8. The molecule has 0 spiro atoms. The van der Waals surface area contributed by atoms with Gasteiger partial charge in [-0.1, -0.05) is 17.7 Å². The topological polar surface area (TPSA) is 98.0 Å². The minimum Gasteiger partial charge on any atom is -0.491 e. The van der Waals surface area contributed by atoms with Crippen LogP contribution in [0.15, 0.2) is 66.7 Å². The first-order chi connectivity index (χ1) is 16.2. The number of benzene rings is 3. The van der Waals surface area contributed by atoms with Crippen molar-refractivity contribution in [3.05, 3.63) is 83.0 Å². The van der Waals surface area contributed by atoms with Crippen molar-refractivity contribution in [3.63, 3.8) is 0 Å². The van der Waals surface area contributed by atoms with E-state index in [0.717, 1.165) is 0 Å². The minimum atomic E-state index is -1.22. The quantitative estimate of drug-likeness (QED) is 0.313. The molecule has 8 heteroatoms. The Hall–Kier alpha value is -3.97. The van der Waals surface area contributed by atoms with Crippen LogP contribution in [0, 0.1) is 0 Å². The molecule has 0 aliphatic rings. The van der Waals surface area contributed by atoms with Crippen LogP contribution >= 0.6 is 11.6 Å². The average Bonchev–Trinajstić information content (AvgIpc) is 3.06. The number of aliphatic carboxylic acids is 1. The van der Waals surface area contributed by atoms with E-state index in [1.807, 2.05) is 13.8 Å². The van der Waals surface area contributed by atoms with Crippen molar-refractivity contribution in [3.8, 4) is 22.9 Å². The predicted octanol–water partition coefficient (Wildman–Crippen LogP) is 6.19. The Labute approximate surface area is 200 Å². The van der Waals surface area contributed by atoms with Crippen LogP contribution in [-0.4, -0.2) is 32.8 Å². The molecular weight excluding hydrogens is 458 g/mol. The van der Waals surface area contributed by atoms with Crippen molar-refractivity contribution in [1.82, 2.24) is 4.57 Å². The number of ether oxygens (including phenoxy) is 2. The molecule has 4 rings (SSSR count). The summed E-state index contributed by atoms with van der Waals surface area (Å²) in [5.41, 5.74) is 1.24. The molecular formula is C26H22ClNO6. The number of nitrogens with zero attached hydrogens (tertiary/aromatic N) is 1. The fraction of sp³-hybridized carbons (Fsp3) is 0.154. The maximum atomic E-state index is 12.3. The second-order valence-corrected chi connectivity index (χ2v) is 8.37. The first-order valence-electron chi connectivity index (χ1n) is 10.6. The number of carboxylic acids is 2. The molecule has 34 heavy (non-hydrogen) atoms. The summed E-state index contributed by atoms with van der Waals surface area (Å²) in [4.78, 5) is 23.9. The molecule has 7 nitrogen and oxygen atoms in total. The van der Waals surface area contributed by atoms with Gasteiger partial charge in [-0.2, -0.15) is 0 Å². The molecule has 0 fully saturated rings. The van der Waals surface area contributed by atoms with E-state index in [4.69, 9.17) is 21.1 Å². The van der Waals surface area contributed by atoms with E-state index in [1.54, 1.807) is 71.3 Å². The third kappa shape index (κ3) is 4.84. The summed E-state index contributed by atoms with van der Waals surface area (Å²) < 4.78 is 13.2. The molecule has 0 amide bonds. The minimum absolute atomic E-state index is 0.00244. The largest absolute Gasteiger partial charge is 0.491 e. The van der Waals surface area contributed by atoms with E-state index in [1.165, 1.54) is 0 Å². The van der Waals surface area contributed by atoms with E-state index in [0.29, 0.717) is 38.9 Å². The van der Waals surface area contributed by atoms with E-state index in [2.05, 4.69) is 0 Å². The van der Waals surface area contributed by atoms with Crippen molar-refractivity contribution >= 4 is 34.4 Å². The zero-order valence-electron chi connectivity index (χ0n) is 18.5. The Morgan fingerprint density at radius 3 is 2.24 bits per heavy atom. The molecule has 1 aromatic heterocycles. The van der Waals surface area contributed by atoms with Crippen LogP contribution in [0.4, 0.5) is 0 Å². The van der Waals surface area contributed by atoms with E-state index >= 15 is 0 Å². The monoisotopic (exact) mass is 479 g/mol. The zero-order valence-corrected chi connectivity index (χ0v) is 19.2. The van der Waals surface area contributed by atoms with Gasteiger partial charge in [0, 0.05) is 21.8 Å². The molecule has 0 unspecified atom stereocenters. The molecule has 0 radical (unpaired) electrons. The van der Waals surface area contributed by atoms with Crippen molar-refractivity contribution in [2.24, 2.45) is 0 Å². The Morgan fingerprint density at radius 2 is 1.62 bits per heavy atom. The number of carbonyl (C=O) groups is 2. The first-order valence-corrected chi connectivity index (χ1v) is 10.9. The Balaban J connectivity index is 1.88. The summed E-state index contributed by atoms with van der Waals surface area (Å²) in [5.74, 6) is -0.807. The fourth-order valence-corrected chi connectivity index (χ4v) is 4.02. The summed E-state index contributed by atoms with van der Waals surface area (Å²) in [6.45, 7) is 3.83. The average molecular weight is 480 g/mol. The van der Waals surface area contributed by atoms with Gasteiger partial charge < -0.3 is 24.3 Å². The highest BCUT2D eigenvalue weighted by atomic mass is 35.5. The molecule has 0 bridgehead atoms. The normalized spacial score (nSPS) is 11.1. The summed E-state index contributed by atoms with van der Waals surface area (Å²) in [5, 5.41) is 20.4. The van der Waals surface area contributed by atoms with Gasteiger partial charge in [0.15, 0.2) is 0 Å². The van der Waals surface area contributed by atoms with E-state index in [9.17, 15) is 19.8 Å². The van der Waals surface area contributed by atoms with Gasteiger partial charge in [-0.05, 0) is 74.5 Å². The van der Waals surface area contributed by atoms with Crippen LogP contribution < -0.4 is 9.47 Å². The van der Waals surface area contributed by atoms with Crippen LogP contribution in [0.25, 0.3) is 16.6 Å². The van der Waals surface area contributed by atoms with Gasteiger partial charge in [-0.3, -0.25) is 4.79 Å². The van der Waals surface area contributed by atoms with Gasteiger partial charge in [0.2, 0.25) is 0 Å². The molecule has 3 aromatic carbocycles. The van der Waals surface area contributed by atoms with Crippen LogP contribution in [0.1, 0.15) is 29.9 Å².